The quantitative estimate of drug-likeness (QED) is 0.153. The Kier molecular flexibility index (Phi) is 7.20. The summed E-state index contributed by atoms with van der Waals surface area (Å²) in [5.41, 5.74) is 20.5. The fourth-order valence-electron chi connectivity index (χ4n) is 11.0. The molecule has 0 fully saturated rings. The normalized spacial score (nSPS) is 16.9. The topological polar surface area (TPSA) is 9.86 Å². The van der Waals surface area contributed by atoms with Gasteiger partial charge in [0.25, 0.3) is 0 Å². The Bertz CT molecular complexity index is 2680. The van der Waals surface area contributed by atoms with Crippen LogP contribution in [0.25, 0.3) is 78.0 Å². The van der Waals surface area contributed by atoms with Gasteiger partial charge in [0.05, 0.1) is 8.07 Å². The molecule has 0 amide bonds. The largest absolute Gasteiger partial charge is 0.344 e. The van der Waals surface area contributed by atoms with Gasteiger partial charge in [-0.2, -0.15) is 0 Å². The maximum Gasteiger partial charge on any atom is 0.0776 e. The van der Waals surface area contributed by atoms with E-state index < -0.39 is 8.07 Å². The summed E-state index contributed by atoms with van der Waals surface area (Å²) in [6.45, 7) is 9.87. The SMILES string of the molecule is CC[Si](CC)(C1C(C)=Cc2c(-c3ccc4c(c3)c3ccccc3n4C)cccc21)C1C(C)=Cc2c(-c3ccc4c(c3)c3ccccc3n4C)cccc21. The van der Waals surface area contributed by atoms with E-state index >= 15 is 0 Å². The second-order valence-corrected chi connectivity index (χ2v) is 20.9. The van der Waals surface area contributed by atoms with Gasteiger partial charge in [0.1, 0.15) is 0 Å². The maximum absolute atomic E-state index is 2.56. The van der Waals surface area contributed by atoms with Crippen molar-refractivity contribution >= 4 is 63.8 Å². The highest BCUT2D eigenvalue weighted by atomic mass is 28.3. The van der Waals surface area contributed by atoms with Gasteiger partial charge in [-0.05, 0) is 94.8 Å². The molecule has 2 unspecified atom stereocenters. The summed E-state index contributed by atoms with van der Waals surface area (Å²) < 4.78 is 4.66. The van der Waals surface area contributed by atoms with Crippen LogP contribution in [0.4, 0.5) is 0 Å². The zero-order chi connectivity index (χ0) is 36.2. The minimum atomic E-state index is -2.05. The van der Waals surface area contributed by atoms with Gasteiger partial charge >= 0.3 is 0 Å². The molecule has 0 aliphatic heterocycles. The summed E-state index contributed by atoms with van der Waals surface area (Å²) in [6, 6.07) is 48.6. The highest BCUT2D eigenvalue weighted by molar-refractivity contribution is 6.84. The van der Waals surface area contributed by atoms with E-state index in [1.165, 1.54) is 89.1 Å². The van der Waals surface area contributed by atoms with Gasteiger partial charge in [-0.25, -0.2) is 0 Å². The average molecular weight is 703 g/mol. The van der Waals surface area contributed by atoms with Crippen LogP contribution >= 0.6 is 0 Å². The Hall–Kier alpha value is -5.38. The van der Waals surface area contributed by atoms with Gasteiger partial charge in [0, 0.05) is 68.8 Å². The van der Waals surface area contributed by atoms with Crippen LogP contribution in [0.3, 0.4) is 0 Å². The molecular formula is C50H46N2Si. The summed E-state index contributed by atoms with van der Waals surface area (Å²) in [4.78, 5) is 0. The molecule has 2 aromatic heterocycles. The van der Waals surface area contributed by atoms with E-state index in [-0.39, 0.29) is 0 Å². The lowest BCUT2D eigenvalue weighted by molar-refractivity contribution is 0.915. The third kappa shape index (κ3) is 4.44. The molecule has 260 valence electrons. The van der Waals surface area contributed by atoms with Crippen molar-refractivity contribution in [2.45, 2.75) is 50.9 Å². The lowest BCUT2D eigenvalue weighted by Gasteiger charge is -2.44. The van der Waals surface area contributed by atoms with Crippen molar-refractivity contribution in [2.75, 3.05) is 0 Å². The fourth-order valence-corrected chi connectivity index (χ4v) is 17.2. The number of aryl methyl sites for hydroxylation is 2. The summed E-state index contributed by atoms with van der Waals surface area (Å²) >= 11 is 0. The molecule has 6 aromatic carbocycles. The van der Waals surface area contributed by atoms with Crippen molar-refractivity contribution in [1.82, 2.24) is 9.13 Å². The average Bonchev–Trinajstić information content (AvgIpc) is 3.90. The predicted molar refractivity (Wildman–Crippen MR) is 231 cm³/mol. The van der Waals surface area contributed by atoms with Gasteiger partial charge in [-0.3, -0.25) is 0 Å². The van der Waals surface area contributed by atoms with E-state index in [4.69, 9.17) is 0 Å². The molecule has 0 bridgehead atoms. The third-order valence-corrected chi connectivity index (χ3v) is 19.9. The number of nitrogens with zero attached hydrogens (tertiary/aromatic N) is 2. The Labute approximate surface area is 313 Å². The molecule has 2 aliphatic carbocycles. The second kappa shape index (κ2) is 11.8. The summed E-state index contributed by atoms with van der Waals surface area (Å²) in [7, 11) is 2.32. The van der Waals surface area contributed by atoms with Crippen LogP contribution in [0.2, 0.25) is 12.1 Å². The number of hydrogen-bond donors (Lipinski definition) is 0. The third-order valence-electron chi connectivity index (χ3n) is 13.5. The smallest absolute Gasteiger partial charge is 0.0776 e. The fraction of sp³-hybridized carbons (Fsp3) is 0.200. The van der Waals surface area contributed by atoms with E-state index in [1.54, 1.807) is 22.3 Å². The van der Waals surface area contributed by atoms with E-state index in [0.717, 1.165) is 0 Å². The molecule has 2 heterocycles. The Morgan fingerprint density at radius 3 is 1.32 bits per heavy atom. The van der Waals surface area contributed by atoms with Gasteiger partial charge in [0.15, 0.2) is 0 Å². The van der Waals surface area contributed by atoms with Crippen LogP contribution in [-0.2, 0) is 14.1 Å². The van der Waals surface area contributed by atoms with E-state index in [0.29, 0.717) is 11.1 Å². The summed E-state index contributed by atoms with van der Waals surface area (Å²) in [5.74, 6) is 0. The van der Waals surface area contributed by atoms with Crippen molar-refractivity contribution in [3.63, 3.8) is 0 Å². The first-order valence-electron chi connectivity index (χ1n) is 19.4. The van der Waals surface area contributed by atoms with Crippen LogP contribution in [0.1, 0.15) is 61.0 Å². The van der Waals surface area contributed by atoms with Crippen molar-refractivity contribution in [2.24, 2.45) is 14.1 Å². The number of fused-ring (bicyclic) bond motifs is 8. The van der Waals surface area contributed by atoms with Crippen LogP contribution in [0.15, 0.2) is 132 Å². The molecule has 0 saturated carbocycles. The van der Waals surface area contributed by atoms with E-state index in [9.17, 15) is 0 Å². The highest BCUT2D eigenvalue weighted by Crippen LogP contribution is 2.57. The molecule has 8 aromatic rings. The van der Waals surface area contributed by atoms with Gasteiger partial charge < -0.3 is 9.13 Å². The van der Waals surface area contributed by atoms with Gasteiger partial charge in [-0.1, -0.05) is 134 Å². The molecule has 10 rings (SSSR count). The molecule has 0 N–H and O–H groups in total. The van der Waals surface area contributed by atoms with Crippen LogP contribution in [-0.4, -0.2) is 17.2 Å². The molecule has 2 atom stereocenters. The second-order valence-electron chi connectivity index (χ2n) is 15.8. The minimum Gasteiger partial charge on any atom is -0.344 e. The zero-order valence-corrected chi connectivity index (χ0v) is 32.7. The lowest BCUT2D eigenvalue weighted by atomic mass is 9.95. The summed E-state index contributed by atoms with van der Waals surface area (Å²) in [5, 5.41) is 5.31. The highest BCUT2D eigenvalue weighted by Gasteiger charge is 2.51. The monoisotopic (exact) mass is 702 g/mol. The Morgan fingerprint density at radius 2 is 0.887 bits per heavy atom. The van der Waals surface area contributed by atoms with E-state index in [2.05, 4.69) is 184 Å². The first kappa shape index (κ1) is 32.3. The number of para-hydroxylation sites is 2. The Balaban J connectivity index is 1.09. The van der Waals surface area contributed by atoms with E-state index in [1.807, 2.05) is 0 Å². The van der Waals surface area contributed by atoms with Gasteiger partial charge in [0.2, 0.25) is 0 Å². The van der Waals surface area contributed by atoms with Crippen molar-refractivity contribution in [3.05, 3.63) is 155 Å². The van der Waals surface area contributed by atoms with Crippen molar-refractivity contribution in [1.29, 1.82) is 0 Å². The number of allylic oxidation sites excluding steroid dienone is 2. The first-order valence-corrected chi connectivity index (χ1v) is 22.0. The Morgan fingerprint density at radius 1 is 0.472 bits per heavy atom. The zero-order valence-electron chi connectivity index (χ0n) is 31.7. The number of aromatic nitrogens is 2. The van der Waals surface area contributed by atoms with Crippen molar-refractivity contribution in [3.8, 4) is 22.3 Å². The van der Waals surface area contributed by atoms with Crippen LogP contribution < -0.4 is 0 Å². The van der Waals surface area contributed by atoms with Crippen LogP contribution in [0, 0.1) is 0 Å². The summed E-state index contributed by atoms with van der Waals surface area (Å²) in [6.07, 6.45) is 5.11. The predicted octanol–water partition coefficient (Wildman–Crippen LogP) is 13.6. The molecule has 3 heteroatoms. The van der Waals surface area contributed by atoms with Crippen molar-refractivity contribution < 1.29 is 0 Å². The molecule has 53 heavy (non-hydrogen) atoms. The molecule has 0 radical (unpaired) electrons. The maximum atomic E-state index is 2.56. The minimum absolute atomic E-state index is 0.476. The lowest BCUT2D eigenvalue weighted by Crippen LogP contribution is -2.47. The number of hydrogen-bond acceptors (Lipinski definition) is 0. The molecule has 2 aliphatic rings. The number of benzene rings is 6. The van der Waals surface area contributed by atoms with Gasteiger partial charge in [-0.15, -0.1) is 0 Å². The standard InChI is InChI=1S/C50H46N2Si/c1-7-53(8-2,49-31(3)27-41-35(17-13-19-39(41)49)33-23-25-47-43(29-33)37-15-9-11-21-45(37)51(47)5)50-32(4)28-42-36(18-14-20-40(42)50)34-24-26-48-44(30-34)38-16-10-12-22-46(38)52(48)6/h9-30,49-50H,7-8H2,1-6H3. The first-order chi connectivity index (χ1) is 25.8. The molecule has 0 saturated heterocycles. The molecule has 2 nitrogen and oxygen atoms in total. The molecule has 0 spiro atoms. The van der Waals surface area contributed by atoms with Crippen LogP contribution in [0.5, 0.6) is 0 Å². The molecular weight excluding hydrogens is 657 g/mol. The number of rotatable bonds is 6.